The number of aromatic hydroxyl groups is 1. The predicted octanol–water partition coefficient (Wildman–Crippen LogP) is 4.12. The molecule has 0 radical (unpaired) electrons. The van der Waals surface area contributed by atoms with Gasteiger partial charge in [-0.05, 0) is 62.3 Å². The Morgan fingerprint density at radius 3 is 2.58 bits per heavy atom. The topological polar surface area (TPSA) is 69.6 Å². The highest BCUT2D eigenvalue weighted by Gasteiger charge is 2.25. The lowest BCUT2D eigenvalue weighted by Crippen LogP contribution is -2.33. The molecule has 0 heterocycles. The summed E-state index contributed by atoms with van der Waals surface area (Å²) in [4.78, 5) is 10.5. The zero-order valence-electron chi connectivity index (χ0n) is 14.5. The summed E-state index contributed by atoms with van der Waals surface area (Å²) in [7, 11) is 0. The second-order valence-corrected chi connectivity index (χ2v) is 7.01. The van der Waals surface area contributed by atoms with E-state index in [1.165, 1.54) is 37.7 Å². The van der Waals surface area contributed by atoms with Crippen LogP contribution in [0.25, 0.3) is 0 Å². The van der Waals surface area contributed by atoms with E-state index in [9.17, 15) is 9.90 Å². The number of carboxylic acid groups (broad SMARTS) is 1. The SMILES string of the molecule is O=C(O)CCCCCC[C@@H]1CCC[C@H]1NCCc1ccc(O)cc1. The van der Waals surface area contributed by atoms with Crippen LogP contribution in [0.4, 0.5) is 0 Å². The lowest BCUT2D eigenvalue weighted by Gasteiger charge is -2.21. The van der Waals surface area contributed by atoms with Crippen LogP contribution >= 0.6 is 0 Å². The van der Waals surface area contributed by atoms with Crippen molar-refractivity contribution in [3.8, 4) is 5.75 Å². The van der Waals surface area contributed by atoms with Crippen molar-refractivity contribution in [1.29, 1.82) is 0 Å². The van der Waals surface area contributed by atoms with Gasteiger partial charge in [0.05, 0.1) is 0 Å². The van der Waals surface area contributed by atoms with Gasteiger partial charge in [0.25, 0.3) is 0 Å². The molecule has 0 aliphatic heterocycles. The first-order chi connectivity index (χ1) is 11.6. The third kappa shape index (κ3) is 6.91. The van der Waals surface area contributed by atoms with E-state index in [1.807, 2.05) is 12.1 Å². The van der Waals surface area contributed by atoms with Gasteiger partial charge < -0.3 is 15.5 Å². The van der Waals surface area contributed by atoms with E-state index in [4.69, 9.17) is 5.11 Å². The van der Waals surface area contributed by atoms with Crippen LogP contribution in [0.1, 0.15) is 63.4 Å². The molecule has 0 bridgehead atoms. The normalized spacial score (nSPS) is 20.3. The first kappa shape index (κ1) is 18.8. The van der Waals surface area contributed by atoms with Gasteiger partial charge in [-0.25, -0.2) is 0 Å². The Bertz CT molecular complexity index is 486. The van der Waals surface area contributed by atoms with Crippen LogP contribution < -0.4 is 5.32 Å². The fourth-order valence-electron chi connectivity index (χ4n) is 3.75. The zero-order chi connectivity index (χ0) is 17.2. The number of unbranched alkanes of at least 4 members (excludes halogenated alkanes) is 3. The number of benzene rings is 1. The average Bonchev–Trinajstić information content (AvgIpc) is 3.00. The molecule has 2 atom stereocenters. The Morgan fingerprint density at radius 1 is 1.08 bits per heavy atom. The van der Waals surface area contributed by atoms with Crippen LogP contribution in [0.3, 0.4) is 0 Å². The van der Waals surface area contributed by atoms with Crippen LogP contribution in [-0.2, 0) is 11.2 Å². The van der Waals surface area contributed by atoms with Crippen molar-refractivity contribution in [2.24, 2.45) is 5.92 Å². The first-order valence-corrected chi connectivity index (χ1v) is 9.38. The van der Waals surface area contributed by atoms with Crippen molar-refractivity contribution in [2.75, 3.05) is 6.54 Å². The van der Waals surface area contributed by atoms with Gasteiger partial charge in [-0.2, -0.15) is 0 Å². The van der Waals surface area contributed by atoms with E-state index in [-0.39, 0.29) is 0 Å². The standard InChI is InChI=1S/C20H31NO3/c22-18-12-10-16(11-13-18)14-15-21-19-8-5-7-17(19)6-3-1-2-4-9-20(23)24/h10-13,17,19,21-22H,1-9,14-15H2,(H,23,24)/t17-,19-/m1/s1. The Morgan fingerprint density at radius 2 is 1.83 bits per heavy atom. The molecule has 134 valence electrons. The molecule has 3 N–H and O–H groups in total. The molecule has 1 aliphatic carbocycles. The maximum atomic E-state index is 10.5. The van der Waals surface area contributed by atoms with E-state index >= 15 is 0 Å². The Kier molecular flexibility index (Phi) is 8.10. The number of nitrogens with one attached hydrogen (secondary N) is 1. The minimum Gasteiger partial charge on any atom is -0.508 e. The van der Waals surface area contributed by atoms with E-state index < -0.39 is 5.97 Å². The summed E-state index contributed by atoms with van der Waals surface area (Å²) in [6.07, 6.45) is 10.7. The monoisotopic (exact) mass is 333 g/mol. The highest BCUT2D eigenvalue weighted by atomic mass is 16.4. The molecule has 0 amide bonds. The lowest BCUT2D eigenvalue weighted by molar-refractivity contribution is -0.137. The molecule has 1 saturated carbocycles. The number of rotatable bonds is 11. The first-order valence-electron chi connectivity index (χ1n) is 9.38. The molecule has 0 spiro atoms. The summed E-state index contributed by atoms with van der Waals surface area (Å²) >= 11 is 0. The van der Waals surface area contributed by atoms with E-state index in [0.29, 0.717) is 18.2 Å². The molecule has 1 aromatic carbocycles. The molecule has 1 aromatic rings. The van der Waals surface area contributed by atoms with Gasteiger partial charge >= 0.3 is 5.97 Å². The molecular weight excluding hydrogens is 302 g/mol. The zero-order valence-corrected chi connectivity index (χ0v) is 14.5. The minimum atomic E-state index is -0.677. The fraction of sp³-hybridized carbons (Fsp3) is 0.650. The number of hydrogen-bond donors (Lipinski definition) is 3. The molecule has 2 rings (SSSR count). The number of carboxylic acids is 1. The maximum absolute atomic E-state index is 10.5. The number of phenolic OH excluding ortho intramolecular Hbond substituents is 1. The molecule has 24 heavy (non-hydrogen) atoms. The number of phenols is 1. The highest BCUT2D eigenvalue weighted by molar-refractivity contribution is 5.66. The van der Waals surface area contributed by atoms with Crippen molar-refractivity contribution in [1.82, 2.24) is 5.32 Å². The summed E-state index contributed by atoms with van der Waals surface area (Å²) < 4.78 is 0. The second kappa shape index (κ2) is 10.3. The van der Waals surface area contributed by atoms with Crippen LogP contribution in [0.5, 0.6) is 5.75 Å². The molecule has 0 aromatic heterocycles. The Balaban J connectivity index is 1.58. The molecule has 0 saturated heterocycles. The number of aliphatic carboxylic acids is 1. The van der Waals surface area contributed by atoms with E-state index in [1.54, 1.807) is 12.1 Å². The summed E-state index contributed by atoms with van der Waals surface area (Å²) in [6, 6.07) is 8.11. The van der Waals surface area contributed by atoms with Crippen molar-refractivity contribution < 1.29 is 15.0 Å². The van der Waals surface area contributed by atoms with Crippen molar-refractivity contribution in [3.05, 3.63) is 29.8 Å². The highest BCUT2D eigenvalue weighted by Crippen LogP contribution is 2.30. The molecule has 4 heteroatoms. The number of carbonyl (C=O) groups is 1. The van der Waals surface area contributed by atoms with E-state index in [2.05, 4.69) is 5.32 Å². The smallest absolute Gasteiger partial charge is 0.303 e. The maximum Gasteiger partial charge on any atom is 0.303 e. The van der Waals surface area contributed by atoms with Gasteiger partial charge in [-0.15, -0.1) is 0 Å². The van der Waals surface area contributed by atoms with Gasteiger partial charge in [0, 0.05) is 12.5 Å². The second-order valence-electron chi connectivity index (χ2n) is 7.01. The lowest BCUT2D eigenvalue weighted by atomic mass is 9.95. The summed E-state index contributed by atoms with van der Waals surface area (Å²) in [5.74, 6) is 0.430. The largest absolute Gasteiger partial charge is 0.508 e. The van der Waals surface area contributed by atoms with E-state index in [0.717, 1.165) is 38.1 Å². The summed E-state index contributed by atoms with van der Waals surface area (Å²) in [6.45, 7) is 0.991. The van der Waals surface area contributed by atoms with Gasteiger partial charge in [0.2, 0.25) is 0 Å². The van der Waals surface area contributed by atoms with Crippen LogP contribution in [0.2, 0.25) is 0 Å². The quantitative estimate of drug-likeness (QED) is 0.533. The Hall–Kier alpha value is -1.55. The van der Waals surface area contributed by atoms with Crippen molar-refractivity contribution >= 4 is 5.97 Å². The van der Waals surface area contributed by atoms with Crippen molar-refractivity contribution in [2.45, 2.75) is 70.3 Å². The Labute approximate surface area is 145 Å². The van der Waals surface area contributed by atoms with Gasteiger partial charge in [0.1, 0.15) is 5.75 Å². The molecule has 1 fully saturated rings. The third-order valence-electron chi connectivity index (χ3n) is 5.13. The van der Waals surface area contributed by atoms with Crippen LogP contribution in [-0.4, -0.2) is 28.8 Å². The molecule has 4 nitrogen and oxygen atoms in total. The average molecular weight is 333 g/mol. The van der Waals surface area contributed by atoms with Crippen LogP contribution in [0.15, 0.2) is 24.3 Å². The molecule has 0 unspecified atom stereocenters. The minimum absolute atomic E-state index is 0.310. The summed E-state index contributed by atoms with van der Waals surface area (Å²) in [5.41, 5.74) is 1.26. The number of hydrogen-bond acceptors (Lipinski definition) is 3. The van der Waals surface area contributed by atoms with Crippen molar-refractivity contribution in [3.63, 3.8) is 0 Å². The summed E-state index contributed by atoms with van der Waals surface area (Å²) in [5, 5.41) is 21.7. The molecular formula is C20H31NO3. The fourth-order valence-corrected chi connectivity index (χ4v) is 3.75. The predicted molar refractivity (Wildman–Crippen MR) is 96.3 cm³/mol. The third-order valence-corrected chi connectivity index (χ3v) is 5.13. The van der Waals surface area contributed by atoms with Gasteiger partial charge in [-0.3, -0.25) is 4.79 Å². The van der Waals surface area contributed by atoms with Gasteiger partial charge in [0.15, 0.2) is 0 Å². The van der Waals surface area contributed by atoms with Crippen LogP contribution in [0, 0.1) is 5.92 Å². The molecule has 1 aliphatic rings. The van der Waals surface area contributed by atoms with Gasteiger partial charge in [-0.1, -0.05) is 37.8 Å².